The summed E-state index contributed by atoms with van der Waals surface area (Å²) in [5, 5.41) is 0. The molecule has 0 aliphatic heterocycles. The highest BCUT2D eigenvalue weighted by atomic mass is 16.7. The minimum Gasteiger partial charge on any atom is -0.355 e. The maximum Gasteiger partial charge on any atom is 0.161 e. The van der Waals surface area contributed by atoms with Gasteiger partial charge in [0.1, 0.15) is 0 Å². The maximum atomic E-state index is 5.30. The van der Waals surface area contributed by atoms with Crippen molar-refractivity contribution < 1.29 is 9.47 Å². The van der Waals surface area contributed by atoms with Gasteiger partial charge in [0.15, 0.2) is 6.29 Å². The third-order valence-electron chi connectivity index (χ3n) is 2.74. The molecule has 14 heavy (non-hydrogen) atoms. The fraction of sp³-hybridized carbons (Fsp3) is 1.00. The van der Waals surface area contributed by atoms with E-state index in [-0.39, 0.29) is 11.7 Å². The number of hydrogen-bond acceptors (Lipinski definition) is 2. The lowest BCUT2D eigenvalue weighted by Crippen LogP contribution is -2.32. The molecule has 0 aliphatic rings. The Morgan fingerprint density at radius 2 is 1.57 bits per heavy atom. The first-order valence-corrected chi connectivity index (χ1v) is 5.64. The summed E-state index contributed by atoms with van der Waals surface area (Å²) < 4.78 is 10.6. The van der Waals surface area contributed by atoms with Gasteiger partial charge in [-0.1, -0.05) is 46.5 Å². The average Bonchev–Trinajstić information content (AvgIpc) is 2.14. The van der Waals surface area contributed by atoms with Crippen molar-refractivity contribution in [3.8, 4) is 0 Å². The van der Waals surface area contributed by atoms with Crippen LogP contribution in [0.4, 0.5) is 0 Å². The van der Waals surface area contributed by atoms with E-state index in [9.17, 15) is 0 Å². The normalized spacial score (nSPS) is 12.4. The van der Waals surface area contributed by atoms with E-state index < -0.39 is 0 Å². The van der Waals surface area contributed by atoms with Gasteiger partial charge in [0.25, 0.3) is 0 Å². The summed E-state index contributed by atoms with van der Waals surface area (Å²) in [5.41, 5.74) is 0.122. The molecule has 0 atom stereocenters. The lowest BCUT2D eigenvalue weighted by molar-refractivity contribution is -0.169. The van der Waals surface area contributed by atoms with Crippen LogP contribution >= 0.6 is 0 Å². The number of methoxy groups -OCH3 is 2. The Morgan fingerprint density at radius 3 is 2.00 bits per heavy atom. The highest BCUT2D eigenvalue weighted by molar-refractivity contribution is 4.72. The molecule has 0 unspecified atom stereocenters. The molecule has 2 heteroatoms. The van der Waals surface area contributed by atoms with Gasteiger partial charge in [0.2, 0.25) is 0 Å². The zero-order valence-corrected chi connectivity index (χ0v) is 10.4. The summed E-state index contributed by atoms with van der Waals surface area (Å²) in [4.78, 5) is 0. The highest BCUT2D eigenvalue weighted by Crippen LogP contribution is 2.30. The SMILES string of the molecule is CCCCCCC(C)(C)C(OC)OC. The van der Waals surface area contributed by atoms with Gasteiger partial charge in [-0.05, 0) is 6.42 Å². The van der Waals surface area contributed by atoms with E-state index in [1.807, 2.05) is 0 Å². The van der Waals surface area contributed by atoms with Crippen LogP contribution in [0.5, 0.6) is 0 Å². The van der Waals surface area contributed by atoms with Gasteiger partial charge >= 0.3 is 0 Å². The van der Waals surface area contributed by atoms with E-state index in [1.165, 1.54) is 32.1 Å². The van der Waals surface area contributed by atoms with Crippen LogP contribution in [0.2, 0.25) is 0 Å². The van der Waals surface area contributed by atoms with Crippen molar-refractivity contribution in [2.75, 3.05) is 14.2 Å². The molecule has 0 saturated carbocycles. The van der Waals surface area contributed by atoms with Crippen LogP contribution in [0.3, 0.4) is 0 Å². The van der Waals surface area contributed by atoms with Crippen molar-refractivity contribution in [3.63, 3.8) is 0 Å². The number of unbranched alkanes of at least 4 members (excludes halogenated alkanes) is 3. The minimum absolute atomic E-state index is 0.0795. The summed E-state index contributed by atoms with van der Waals surface area (Å²) >= 11 is 0. The first kappa shape index (κ1) is 13.9. The van der Waals surface area contributed by atoms with E-state index in [0.717, 1.165) is 0 Å². The molecule has 0 fully saturated rings. The van der Waals surface area contributed by atoms with Gasteiger partial charge in [0.05, 0.1) is 0 Å². The van der Waals surface area contributed by atoms with Crippen LogP contribution in [-0.4, -0.2) is 20.5 Å². The Balaban J connectivity index is 3.80. The zero-order chi connectivity index (χ0) is 11.0. The lowest BCUT2D eigenvalue weighted by Gasteiger charge is -2.32. The molecule has 2 nitrogen and oxygen atoms in total. The van der Waals surface area contributed by atoms with Crippen molar-refractivity contribution in [2.24, 2.45) is 5.41 Å². The molecule has 0 rings (SSSR count). The van der Waals surface area contributed by atoms with Gasteiger partial charge in [-0.15, -0.1) is 0 Å². The van der Waals surface area contributed by atoms with Crippen molar-refractivity contribution in [3.05, 3.63) is 0 Å². The molecule has 0 bridgehead atoms. The smallest absolute Gasteiger partial charge is 0.161 e. The molecular weight excluding hydrogens is 176 g/mol. The molecule has 0 aliphatic carbocycles. The molecule has 0 radical (unpaired) electrons. The second-order valence-corrected chi connectivity index (χ2v) is 4.60. The Kier molecular flexibility index (Phi) is 7.20. The largest absolute Gasteiger partial charge is 0.355 e. The van der Waals surface area contributed by atoms with Crippen molar-refractivity contribution in [1.29, 1.82) is 0 Å². The van der Waals surface area contributed by atoms with E-state index in [4.69, 9.17) is 9.47 Å². The molecule has 86 valence electrons. The fourth-order valence-electron chi connectivity index (χ4n) is 1.86. The Labute approximate surface area is 89.0 Å². The van der Waals surface area contributed by atoms with Crippen LogP contribution in [0, 0.1) is 5.41 Å². The van der Waals surface area contributed by atoms with Crippen molar-refractivity contribution >= 4 is 0 Å². The zero-order valence-electron chi connectivity index (χ0n) is 10.4. The summed E-state index contributed by atoms with van der Waals surface area (Å²) in [6, 6.07) is 0. The first-order valence-electron chi connectivity index (χ1n) is 5.64. The number of rotatable bonds is 8. The van der Waals surface area contributed by atoms with Crippen LogP contribution in [0.1, 0.15) is 52.9 Å². The fourth-order valence-corrected chi connectivity index (χ4v) is 1.86. The molecule has 0 aromatic rings. The van der Waals surface area contributed by atoms with Crippen LogP contribution in [0.15, 0.2) is 0 Å². The van der Waals surface area contributed by atoms with Gasteiger partial charge in [0, 0.05) is 19.6 Å². The molecule has 0 spiro atoms. The summed E-state index contributed by atoms with van der Waals surface area (Å²) in [5.74, 6) is 0. The van der Waals surface area contributed by atoms with E-state index >= 15 is 0 Å². The molecule has 0 N–H and O–H groups in total. The Hall–Kier alpha value is -0.0800. The molecule has 0 aromatic carbocycles. The number of hydrogen-bond donors (Lipinski definition) is 0. The quantitative estimate of drug-likeness (QED) is 0.442. The van der Waals surface area contributed by atoms with Crippen LogP contribution in [-0.2, 0) is 9.47 Å². The van der Waals surface area contributed by atoms with E-state index in [1.54, 1.807) is 14.2 Å². The third kappa shape index (κ3) is 4.97. The molecule has 0 heterocycles. The summed E-state index contributed by atoms with van der Waals surface area (Å²) in [7, 11) is 3.42. The first-order chi connectivity index (χ1) is 6.58. The van der Waals surface area contributed by atoms with Gasteiger partial charge in [-0.25, -0.2) is 0 Å². The molecule has 0 saturated heterocycles. The predicted octanol–water partition coefficient (Wildman–Crippen LogP) is 3.60. The third-order valence-corrected chi connectivity index (χ3v) is 2.74. The summed E-state index contributed by atoms with van der Waals surface area (Å²) in [6.07, 6.45) is 6.30. The minimum atomic E-state index is -0.0795. The average molecular weight is 202 g/mol. The van der Waals surface area contributed by atoms with E-state index in [2.05, 4.69) is 20.8 Å². The second-order valence-electron chi connectivity index (χ2n) is 4.60. The molecule has 0 amide bonds. The topological polar surface area (TPSA) is 18.5 Å². The predicted molar refractivity (Wildman–Crippen MR) is 60.3 cm³/mol. The maximum absolute atomic E-state index is 5.30. The van der Waals surface area contributed by atoms with Crippen LogP contribution in [0.25, 0.3) is 0 Å². The van der Waals surface area contributed by atoms with Gasteiger partial charge in [-0.2, -0.15) is 0 Å². The van der Waals surface area contributed by atoms with Gasteiger partial charge < -0.3 is 9.47 Å². The highest BCUT2D eigenvalue weighted by Gasteiger charge is 2.28. The Bertz CT molecular complexity index is 128. The van der Waals surface area contributed by atoms with E-state index in [0.29, 0.717) is 0 Å². The molecular formula is C12H26O2. The van der Waals surface area contributed by atoms with Crippen molar-refractivity contribution in [1.82, 2.24) is 0 Å². The second kappa shape index (κ2) is 7.24. The van der Waals surface area contributed by atoms with Crippen LogP contribution < -0.4 is 0 Å². The monoisotopic (exact) mass is 202 g/mol. The Morgan fingerprint density at radius 1 is 1.00 bits per heavy atom. The van der Waals surface area contributed by atoms with Crippen molar-refractivity contribution in [2.45, 2.75) is 59.2 Å². The van der Waals surface area contributed by atoms with Gasteiger partial charge in [-0.3, -0.25) is 0 Å². The molecule has 0 aromatic heterocycles. The standard InChI is InChI=1S/C12H26O2/c1-6-7-8-9-10-12(2,3)11(13-4)14-5/h11H,6-10H2,1-5H3. The summed E-state index contributed by atoms with van der Waals surface area (Å²) in [6.45, 7) is 6.64. The number of ether oxygens (including phenoxy) is 2. The lowest BCUT2D eigenvalue weighted by atomic mass is 9.86.